The van der Waals surface area contributed by atoms with Crippen LogP contribution in [0.1, 0.15) is 13.3 Å². The molecular formula is C13H27O5. The average Bonchev–Trinajstić information content (AvgIpc) is 2.38. The SMILES string of the molecule is [CH2]C(CCOCCOCCOC)OCCOCC. The molecule has 0 amide bonds. The summed E-state index contributed by atoms with van der Waals surface area (Å²) in [6, 6.07) is 0. The van der Waals surface area contributed by atoms with Gasteiger partial charge in [-0.15, -0.1) is 0 Å². The number of rotatable bonds is 14. The van der Waals surface area contributed by atoms with E-state index in [2.05, 4.69) is 6.92 Å². The Kier molecular flexibility index (Phi) is 14.7. The van der Waals surface area contributed by atoms with Crippen LogP contribution in [0.3, 0.4) is 0 Å². The van der Waals surface area contributed by atoms with E-state index in [1.54, 1.807) is 7.11 Å². The van der Waals surface area contributed by atoms with Crippen LogP contribution in [-0.4, -0.2) is 66.1 Å². The summed E-state index contributed by atoms with van der Waals surface area (Å²) < 4.78 is 26.1. The van der Waals surface area contributed by atoms with Crippen molar-refractivity contribution in [2.75, 3.05) is 60.0 Å². The maximum absolute atomic E-state index is 5.44. The molecule has 0 N–H and O–H groups in total. The third-order valence-corrected chi connectivity index (χ3v) is 2.17. The van der Waals surface area contributed by atoms with Crippen LogP contribution in [0.2, 0.25) is 0 Å². The van der Waals surface area contributed by atoms with E-state index >= 15 is 0 Å². The second-order valence-corrected chi connectivity index (χ2v) is 3.70. The molecule has 0 aromatic rings. The van der Waals surface area contributed by atoms with Crippen LogP contribution in [-0.2, 0) is 23.7 Å². The first-order valence-corrected chi connectivity index (χ1v) is 6.48. The number of ether oxygens (including phenoxy) is 5. The fourth-order valence-corrected chi connectivity index (χ4v) is 1.18. The molecule has 0 heterocycles. The van der Waals surface area contributed by atoms with E-state index in [1.807, 2.05) is 6.92 Å². The Bertz CT molecular complexity index is 154. The van der Waals surface area contributed by atoms with E-state index in [-0.39, 0.29) is 6.10 Å². The third-order valence-electron chi connectivity index (χ3n) is 2.17. The molecule has 5 nitrogen and oxygen atoms in total. The Morgan fingerprint density at radius 1 is 0.833 bits per heavy atom. The molecule has 0 aliphatic heterocycles. The predicted molar refractivity (Wildman–Crippen MR) is 69.7 cm³/mol. The zero-order chi connectivity index (χ0) is 13.5. The van der Waals surface area contributed by atoms with Gasteiger partial charge >= 0.3 is 0 Å². The van der Waals surface area contributed by atoms with Crippen molar-refractivity contribution in [3.63, 3.8) is 0 Å². The largest absolute Gasteiger partial charge is 0.382 e. The van der Waals surface area contributed by atoms with Gasteiger partial charge in [-0.1, -0.05) is 0 Å². The Labute approximate surface area is 111 Å². The fourth-order valence-electron chi connectivity index (χ4n) is 1.18. The van der Waals surface area contributed by atoms with Crippen molar-refractivity contribution in [2.24, 2.45) is 0 Å². The summed E-state index contributed by atoms with van der Waals surface area (Å²) in [6.45, 7) is 10.8. The van der Waals surface area contributed by atoms with Crippen LogP contribution in [0.5, 0.6) is 0 Å². The summed E-state index contributed by atoms with van der Waals surface area (Å²) in [7, 11) is 1.65. The predicted octanol–water partition coefficient (Wildman–Crippen LogP) is 1.31. The Morgan fingerprint density at radius 2 is 1.44 bits per heavy atom. The van der Waals surface area contributed by atoms with E-state index in [9.17, 15) is 0 Å². The van der Waals surface area contributed by atoms with Gasteiger partial charge in [0.15, 0.2) is 0 Å². The van der Waals surface area contributed by atoms with Crippen LogP contribution < -0.4 is 0 Å². The minimum Gasteiger partial charge on any atom is -0.382 e. The van der Waals surface area contributed by atoms with Gasteiger partial charge in [0.1, 0.15) is 0 Å². The normalized spacial score (nSPS) is 12.8. The van der Waals surface area contributed by atoms with E-state index < -0.39 is 0 Å². The molecule has 1 radical (unpaired) electrons. The van der Waals surface area contributed by atoms with Crippen molar-refractivity contribution in [3.8, 4) is 0 Å². The van der Waals surface area contributed by atoms with Crippen molar-refractivity contribution in [1.29, 1.82) is 0 Å². The average molecular weight is 263 g/mol. The summed E-state index contributed by atoms with van der Waals surface area (Å²) in [5, 5.41) is 0. The summed E-state index contributed by atoms with van der Waals surface area (Å²) in [6.07, 6.45) is 0.740. The van der Waals surface area contributed by atoms with Crippen LogP contribution in [0.25, 0.3) is 0 Å². The van der Waals surface area contributed by atoms with Crippen LogP contribution >= 0.6 is 0 Å². The molecule has 18 heavy (non-hydrogen) atoms. The van der Waals surface area contributed by atoms with Gasteiger partial charge < -0.3 is 23.7 Å². The minimum absolute atomic E-state index is 0.0418. The molecular weight excluding hydrogens is 236 g/mol. The number of methoxy groups -OCH3 is 1. The Hall–Kier alpha value is -0.200. The zero-order valence-corrected chi connectivity index (χ0v) is 11.7. The lowest BCUT2D eigenvalue weighted by Crippen LogP contribution is -2.16. The molecule has 0 rings (SSSR count). The second kappa shape index (κ2) is 14.9. The van der Waals surface area contributed by atoms with Crippen molar-refractivity contribution < 1.29 is 23.7 Å². The quantitative estimate of drug-likeness (QED) is 0.442. The monoisotopic (exact) mass is 263 g/mol. The van der Waals surface area contributed by atoms with E-state index in [4.69, 9.17) is 23.7 Å². The van der Waals surface area contributed by atoms with Crippen molar-refractivity contribution >= 4 is 0 Å². The van der Waals surface area contributed by atoms with Crippen LogP contribution in [0.4, 0.5) is 0 Å². The summed E-state index contributed by atoms with van der Waals surface area (Å²) in [4.78, 5) is 0. The lowest BCUT2D eigenvalue weighted by atomic mass is 10.3. The smallest absolute Gasteiger partial charge is 0.0704 e. The maximum Gasteiger partial charge on any atom is 0.0704 e. The van der Waals surface area contributed by atoms with E-state index in [1.165, 1.54) is 0 Å². The molecule has 0 aliphatic rings. The van der Waals surface area contributed by atoms with Gasteiger partial charge in [-0.2, -0.15) is 0 Å². The van der Waals surface area contributed by atoms with Crippen molar-refractivity contribution in [3.05, 3.63) is 6.92 Å². The molecule has 5 heteroatoms. The maximum atomic E-state index is 5.44. The van der Waals surface area contributed by atoms with Gasteiger partial charge in [-0.05, 0) is 20.3 Å². The highest BCUT2D eigenvalue weighted by Gasteiger charge is 2.01. The standard InChI is InChI=1S/C13H27O5/c1-4-15-11-12-18-13(2)5-6-16-9-10-17-8-7-14-3/h13H,2,4-12H2,1,3H3. The Balaban J connectivity index is 3.08. The fraction of sp³-hybridized carbons (Fsp3) is 0.923. The highest BCUT2D eigenvalue weighted by Crippen LogP contribution is 1.97. The lowest BCUT2D eigenvalue weighted by Gasteiger charge is -2.13. The number of hydrogen-bond donors (Lipinski definition) is 0. The van der Waals surface area contributed by atoms with Gasteiger partial charge in [0.2, 0.25) is 0 Å². The summed E-state index contributed by atoms with van der Waals surface area (Å²) in [5.74, 6) is 0. The first-order valence-electron chi connectivity index (χ1n) is 6.48. The van der Waals surface area contributed by atoms with Crippen LogP contribution in [0.15, 0.2) is 0 Å². The lowest BCUT2D eigenvalue weighted by molar-refractivity contribution is -0.00379. The first kappa shape index (κ1) is 17.8. The van der Waals surface area contributed by atoms with E-state index in [0.717, 1.165) is 13.0 Å². The topological polar surface area (TPSA) is 46.2 Å². The summed E-state index contributed by atoms with van der Waals surface area (Å²) >= 11 is 0. The van der Waals surface area contributed by atoms with Gasteiger partial charge in [-0.25, -0.2) is 0 Å². The molecule has 0 bridgehead atoms. The molecule has 0 fully saturated rings. The molecule has 0 saturated heterocycles. The molecule has 0 aromatic heterocycles. The minimum atomic E-state index is -0.0418. The highest BCUT2D eigenvalue weighted by molar-refractivity contribution is 4.59. The first-order chi connectivity index (χ1) is 8.81. The van der Waals surface area contributed by atoms with Crippen LogP contribution in [0, 0.1) is 6.92 Å². The molecule has 0 aromatic carbocycles. The molecule has 0 spiro atoms. The number of hydrogen-bond acceptors (Lipinski definition) is 5. The van der Waals surface area contributed by atoms with Gasteiger partial charge in [-0.3, -0.25) is 0 Å². The Morgan fingerprint density at radius 3 is 2.11 bits per heavy atom. The second-order valence-electron chi connectivity index (χ2n) is 3.70. The van der Waals surface area contributed by atoms with Gasteiger partial charge in [0, 0.05) is 20.3 Å². The molecule has 1 unspecified atom stereocenters. The van der Waals surface area contributed by atoms with Gasteiger partial charge in [0.05, 0.1) is 45.7 Å². The van der Waals surface area contributed by atoms with Crippen molar-refractivity contribution in [2.45, 2.75) is 19.4 Å². The summed E-state index contributed by atoms with van der Waals surface area (Å²) in [5.41, 5.74) is 0. The van der Waals surface area contributed by atoms with E-state index in [0.29, 0.717) is 46.2 Å². The molecule has 0 aliphatic carbocycles. The molecule has 109 valence electrons. The highest BCUT2D eigenvalue weighted by atomic mass is 16.5. The third kappa shape index (κ3) is 13.9. The molecule has 1 atom stereocenters. The van der Waals surface area contributed by atoms with Gasteiger partial charge in [0.25, 0.3) is 0 Å². The molecule has 0 saturated carbocycles. The zero-order valence-electron chi connectivity index (χ0n) is 11.7. The van der Waals surface area contributed by atoms with Crippen molar-refractivity contribution in [1.82, 2.24) is 0 Å².